The van der Waals surface area contributed by atoms with Crippen LogP contribution in [0, 0.1) is 22.7 Å². The number of aryl methyl sites for hydroxylation is 1. The van der Waals surface area contributed by atoms with Crippen molar-refractivity contribution < 1.29 is 9.47 Å². The molecule has 0 fully saturated rings. The summed E-state index contributed by atoms with van der Waals surface area (Å²) in [6, 6.07) is 17.4. The fourth-order valence-corrected chi connectivity index (χ4v) is 4.05. The van der Waals surface area contributed by atoms with E-state index in [4.69, 9.17) is 15.2 Å². The Morgan fingerprint density at radius 2 is 1.84 bits per heavy atom. The van der Waals surface area contributed by atoms with Crippen molar-refractivity contribution in [2.75, 3.05) is 12.8 Å². The minimum absolute atomic E-state index is 0.250. The van der Waals surface area contributed by atoms with Crippen LogP contribution in [0.4, 0.5) is 5.82 Å². The first-order valence-corrected chi connectivity index (χ1v) is 10.2. The standard InChI is InChI=1S/C25H22N4O2/c1-30-23-12-16(10-11-22(23)31-15-18-7-3-2-6-17(18)13-26)24-19-8-4-5-9-21(19)29-25(28)20(24)14-27/h2-3,6-7,10-12H,4-5,8-9,15H2,1H3,(H2,28,29). The minimum atomic E-state index is 0.250. The molecule has 6 heteroatoms. The van der Waals surface area contributed by atoms with Gasteiger partial charge < -0.3 is 15.2 Å². The molecule has 3 aromatic rings. The summed E-state index contributed by atoms with van der Waals surface area (Å²) in [4.78, 5) is 4.48. The number of methoxy groups -OCH3 is 1. The summed E-state index contributed by atoms with van der Waals surface area (Å²) in [7, 11) is 1.58. The molecule has 0 saturated carbocycles. The molecule has 0 radical (unpaired) electrons. The third-order valence-electron chi connectivity index (χ3n) is 5.59. The van der Waals surface area contributed by atoms with Crippen molar-refractivity contribution in [3.8, 4) is 34.8 Å². The van der Waals surface area contributed by atoms with E-state index in [0.29, 0.717) is 22.6 Å². The average Bonchev–Trinajstić information content (AvgIpc) is 2.81. The summed E-state index contributed by atoms with van der Waals surface area (Å²) in [5.74, 6) is 1.38. The first kappa shape index (κ1) is 20.3. The fourth-order valence-electron chi connectivity index (χ4n) is 4.05. The smallest absolute Gasteiger partial charge is 0.161 e. The van der Waals surface area contributed by atoms with Crippen molar-refractivity contribution in [1.29, 1.82) is 10.5 Å². The van der Waals surface area contributed by atoms with Crippen molar-refractivity contribution in [2.45, 2.75) is 32.3 Å². The highest BCUT2D eigenvalue weighted by atomic mass is 16.5. The lowest BCUT2D eigenvalue weighted by atomic mass is 9.86. The number of nitriles is 2. The van der Waals surface area contributed by atoms with Crippen LogP contribution in [-0.2, 0) is 19.4 Å². The van der Waals surface area contributed by atoms with E-state index in [1.807, 2.05) is 36.4 Å². The number of anilines is 1. The maximum Gasteiger partial charge on any atom is 0.161 e. The monoisotopic (exact) mass is 410 g/mol. The molecule has 1 heterocycles. The van der Waals surface area contributed by atoms with Gasteiger partial charge in [0.25, 0.3) is 0 Å². The van der Waals surface area contributed by atoms with Gasteiger partial charge in [-0.15, -0.1) is 0 Å². The third kappa shape index (κ3) is 3.89. The highest BCUT2D eigenvalue weighted by Gasteiger charge is 2.23. The Bertz CT molecular complexity index is 1220. The van der Waals surface area contributed by atoms with Crippen molar-refractivity contribution >= 4 is 5.82 Å². The molecule has 154 valence electrons. The Balaban J connectivity index is 1.72. The van der Waals surface area contributed by atoms with E-state index in [1.165, 1.54) is 0 Å². The Morgan fingerprint density at radius 1 is 1.03 bits per heavy atom. The molecule has 0 spiro atoms. The van der Waals surface area contributed by atoms with Gasteiger partial charge in [0, 0.05) is 16.8 Å². The number of benzene rings is 2. The van der Waals surface area contributed by atoms with Crippen molar-refractivity contribution in [3.05, 3.63) is 70.4 Å². The molecule has 4 rings (SSSR count). The lowest BCUT2D eigenvalue weighted by Crippen LogP contribution is -2.12. The van der Waals surface area contributed by atoms with Gasteiger partial charge in [0.2, 0.25) is 0 Å². The number of hydrogen-bond donors (Lipinski definition) is 1. The van der Waals surface area contributed by atoms with Gasteiger partial charge >= 0.3 is 0 Å². The fraction of sp³-hybridized carbons (Fsp3) is 0.240. The topological polar surface area (TPSA) is 105 Å². The molecule has 0 saturated heterocycles. The molecular formula is C25H22N4O2. The molecule has 0 atom stereocenters. The normalized spacial score (nSPS) is 12.4. The lowest BCUT2D eigenvalue weighted by molar-refractivity contribution is 0.284. The van der Waals surface area contributed by atoms with Gasteiger partial charge in [0.05, 0.1) is 18.7 Å². The Labute approximate surface area is 181 Å². The van der Waals surface area contributed by atoms with E-state index in [0.717, 1.165) is 53.6 Å². The predicted molar refractivity (Wildman–Crippen MR) is 117 cm³/mol. The summed E-state index contributed by atoms with van der Waals surface area (Å²) >= 11 is 0. The van der Waals surface area contributed by atoms with Crippen LogP contribution in [0.1, 0.15) is 40.8 Å². The van der Waals surface area contributed by atoms with Crippen molar-refractivity contribution in [3.63, 3.8) is 0 Å². The largest absolute Gasteiger partial charge is 0.493 e. The zero-order chi connectivity index (χ0) is 21.8. The van der Waals surface area contributed by atoms with E-state index in [2.05, 4.69) is 17.1 Å². The number of rotatable bonds is 5. The highest BCUT2D eigenvalue weighted by molar-refractivity contribution is 5.80. The summed E-state index contributed by atoms with van der Waals surface area (Å²) in [5.41, 5.74) is 11.7. The number of ether oxygens (including phenoxy) is 2. The van der Waals surface area contributed by atoms with Gasteiger partial charge in [-0.25, -0.2) is 4.98 Å². The van der Waals surface area contributed by atoms with Gasteiger partial charge in [0.1, 0.15) is 24.1 Å². The minimum Gasteiger partial charge on any atom is -0.493 e. The van der Waals surface area contributed by atoms with Gasteiger partial charge in [-0.05, 0) is 55.0 Å². The van der Waals surface area contributed by atoms with Crippen LogP contribution in [0.3, 0.4) is 0 Å². The number of aromatic nitrogens is 1. The highest BCUT2D eigenvalue weighted by Crippen LogP contribution is 2.39. The molecule has 1 aromatic heterocycles. The molecule has 0 amide bonds. The van der Waals surface area contributed by atoms with Gasteiger partial charge in [-0.2, -0.15) is 10.5 Å². The van der Waals surface area contributed by atoms with E-state index in [1.54, 1.807) is 13.2 Å². The molecule has 6 nitrogen and oxygen atoms in total. The summed E-state index contributed by atoms with van der Waals surface area (Å²) in [5, 5.41) is 19.0. The van der Waals surface area contributed by atoms with Crippen LogP contribution >= 0.6 is 0 Å². The second-order valence-electron chi connectivity index (χ2n) is 7.41. The summed E-state index contributed by atoms with van der Waals surface area (Å²) in [6.07, 6.45) is 3.88. The zero-order valence-electron chi connectivity index (χ0n) is 17.3. The third-order valence-corrected chi connectivity index (χ3v) is 5.59. The van der Waals surface area contributed by atoms with Crippen LogP contribution in [0.25, 0.3) is 11.1 Å². The number of nitrogens with zero attached hydrogens (tertiary/aromatic N) is 3. The molecule has 0 unspecified atom stereocenters. The van der Waals surface area contributed by atoms with Crippen LogP contribution < -0.4 is 15.2 Å². The molecule has 31 heavy (non-hydrogen) atoms. The number of pyridine rings is 1. The second-order valence-corrected chi connectivity index (χ2v) is 7.41. The summed E-state index contributed by atoms with van der Waals surface area (Å²) < 4.78 is 11.5. The maximum atomic E-state index is 9.75. The van der Waals surface area contributed by atoms with E-state index >= 15 is 0 Å². The number of nitrogen functional groups attached to an aromatic ring is 1. The summed E-state index contributed by atoms with van der Waals surface area (Å²) in [6.45, 7) is 0.250. The molecular weight excluding hydrogens is 388 g/mol. The molecule has 0 aliphatic heterocycles. The van der Waals surface area contributed by atoms with Crippen LogP contribution in [-0.4, -0.2) is 12.1 Å². The zero-order valence-corrected chi connectivity index (χ0v) is 17.3. The van der Waals surface area contributed by atoms with E-state index in [-0.39, 0.29) is 12.4 Å². The van der Waals surface area contributed by atoms with Crippen molar-refractivity contribution in [1.82, 2.24) is 4.98 Å². The molecule has 2 aromatic carbocycles. The average molecular weight is 410 g/mol. The quantitative estimate of drug-likeness (QED) is 0.662. The first-order chi connectivity index (χ1) is 15.2. The Kier molecular flexibility index (Phi) is 5.73. The number of fused-ring (bicyclic) bond motifs is 1. The lowest BCUT2D eigenvalue weighted by Gasteiger charge is -2.21. The second kappa shape index (κ2) is 8.77. The van der Waals surface area contributed by atoms with Gasteiger partial charge in [-0.1, -0.05) is 24.3 Å². The van der Waals surface area contributed by atoms with Crippen molar-refractivity contribution in [2.24, 2.45) is 0 Å². The Hall–Kier alpha value is -4.03. The molecule has 2 N–H and O–H groups in total. The van der Waals surface area contributed by atoms with E-state index < -0.39 is 0 Å². The van der Waals surface area contributed by atoms with Crippen LogP contribution in [0.2, 0.25) is 0 Å². The van der Waals surface area contributed by atoms with Crippen LogP contribution in [0.15, 0.2) is 42.5 Å². The SMILES string of the molecule is COc1cc(-c2c(C#N)c(N)nc3c2CCCC3)ccc1OCc1ccccc1C#N. The maximum absolute atomic E-state index is 9.75. The molecule has 1 aliphatic rings. The molecule has 1 aliphatic carbocycles. The van der Waals surface area contributed by atoms with Gasteiger partial charge in [0.15, 0.2) is 11.5 Å². The Morgan fingerprint density at radius 3 is 2.61 bits per heavy atom. The molecule has 0 bridgehead atoms. The predicted octanol–water partition coefficient (Wildman–Crippen LogP) is 4.54. The van der Waals surface area contributed by atoms with Gasteiger partial charge in [-0.3, -0.25) is 0 Å². The number of nitrogens with two attached hydrogens (primary N) is 1. The van der Waals surface area contributed by atoms with E-state index in [9.17, 15) is 10.5 Å². The number of hydrogen-bond acceptors (Lipinski definition) is 6. The first-order valence-electron chi connectivity index (χ1n) is 10.2. The van der Waals surface area contributed by atoms with Crippen LogP contribution in [0.5, 0.6) is 11.5 Å².